The van der Waals surface area contributed by atoms with E-state index in [1.54, 1.807) is 12.1 Å². The van der Waals surface area contributed by atoms with Gasteiger partial charge in [-0.05, 0) is 12.1 Å². The van der Waals surface area contributed by atoms with Crippen molar-refractivity contribution in [1.82, 2.24) is 0 Å². The largest absolute Gasteiger partial charge is 0.399 e. The van der Waals surface area contributed by atoms with Crippen molar-refractivity contribution in [2.24, 2.45) is 0 Å². The van der Waals surface area contributed by atoms with E-state index in [2.05, 4.69) is 15.9 Å². The Bertz CT molecular complexity index is 224. The Balaban J connectivity index is 3.17. The molecule has 0 fully saturated rings. The molecule has 1 rings (SSSR count). The van der Waals surface area contributed by atoms with E-state index >= 15 is 0 Å². The Kier molecular flexibility index (Phi) is 1.81. The third-order valence-electron chi connectivity index (χ3n) is 1.05. The molecule has 1 nitrogen and oxygen atoms in total. The van der Waals surface area contributed by atoms with Crippen LogP contribution in [0.25, 0.3) is 0 Å². The third-order valence-corrected chi connectivity index (χ3v) is 1.54. The highest BCUT2D eigenvalue weighted by Crippen LogP contribution is 2.09. The molecule has 0 saturated heterocycles. The first-order valence-electron chi connectivity index (χ1n) is 2.50. The highest BCUT2D eigenvalue weighted by atomic mass is 79.9. The van der Waals surface area contributed by atoms with Crippen molar-refractivity contribution < 1.29 is 0 Å². The normalized spacial score (nSPS) is 9.44. The minimum Gasteiger partial charge on any atom is -0.399 e. The smallest absolute Gasteiger partial charge is 0.116 e. The van der Waals surface area contributed by atoms with E-state index in [1.165, 1.54) is 0 Å². The Morgan fingerprint density at radius 3 is 2.56 bits per heavy atom. The first kappa shape index (κ1) is 6.68. The second-order valence-corrected chi connectivity index (χ2v) is 2.69. The van der Waals surface area contributed by atoms with Gasteiger partial charge >= 0.3 is 0 Å². The number of hydrogen-bond donors (Lipinski definition) is 1. The van der Waals surface area contributed by atoms with Crippen LogP contribution in [0.15, 0.2) is 22.7 Å². The van der Waals surface area contributed by atoms with Crippen molar-refractivity contribution in [3.63, 3.8) is 0 Å². The molecule has 9 heavy (non-hydrogen) atoms. The zero-order valence-electron chi connectivity index (χ0n) is 4.76. The summed E-state index contributed by atoms with van der Waals surface area (Å²) < 4.78 is 0.953. The van der Waals surface area contributed by atoms with Gasteiger partial charge in [0.1, 0.15) is 7.85 Å². The van der Waals surface area contributed by atoms with Crippen LogP contribution >= 0.6 is 15.9 Å². The van der Waals surface area contributed by atoms with E-state index in [-0.39, 0.29) is 0 Å². The van der Waals surface area contributed by atoms with Crippen LogP contribution in [0.3, 0.4) is 0 Å². The molecule has 0 bridgehead atoms. The second-order valence-electron chi connectivity index (χ2n) is 1.77. The second kappa shape index (κ2) is 2.44. The fourth-order valence-electron chi connectivity index (χ4n) is 0.546. The fourth-order valence-corrected chi connectivity index (χ4v) is 0.924. The van der Waals surface area contributed by atoms with Crippen molar-refractivity contribution in [1.29, 1.82) is 0 Å². The summed E-state index contributed by atoms with van der Waals surface area (Å²) in [5.41, 5.74) is 6.70. The lowest BCUT2D eigenvalue weighted by Crippen LogP contribution is -2.08. The number of nitrogen functional groups attached to an aromatic ring is 1. The summed E-state index contributed by atoms with van der Waals surface area (Å²) in [5, 5.41) is 0. The summed E-state index contributed by atoms with van der Waals surface area (Å²) in [5.74, 6) is 0. The summed E-state index contributed by atoms with van der Waals surface area (Å²) in [7, 11) is 5.44. The van der Waals surface area contributed by atoms with Crippen LogP contribution in [0.1, 0.15) is 0 Å². The van der Waals surface area contributed by atoms with Gasteiger partial charge in [-0.25, -0.2) is 0 Å². The molecule has 2 N–H and O–H groups in total. The first-order chi connectivity index (χ1) is 4.20. The molecule has 0 aliphatic carbocycles. The van der Waals surface area contributed by atoms with E-state index < -0.39 is 0 Å². The van der Waals surface area contributed by atoms with Gasteiger partial charge in [-0.15, -0.1) is 0 Å². The Morgan fingerprint density at radius 2 is 2.11 bits per heavy atom. The van der Waals surface area contributed by atoms with Crippen LogP contribution in [-0.2, 0) is 0 Å². The maximum absolute atomic E-state index is 5.47. The fraction of sp³-hybridized carbons (Fsp3) is 0. The monoisotopic (exact) mass is 181 g/mol. The number of anilines is 1. The van der Waals surface area contributed by atoms with E-state index in [9.17, 15) is 0 Å². The van der Waals surface area contributed by atoms with Gasteiger partial charge in [-0.2, -0.15) is 0 Å². The number of benzene rings is 1. The Labute approximate surface area is 63.8 Å². The quantitative estimate of drug-likeness (QED) is 0.466. The van der Waals surface area contributed by atoms with E-state index in [1.807, 2.05) is 6.07 Å². The SMILES string of the molecule is [B]c1ccc(Br)cc1N. The molecule has 0 unspecified atom stereocenters. The van der Waals surface area contributed by atoms with Crippen LogP contribution in [0, 0.1) is 0 Å². The molecular weight excluding hydrogens is 177 g/mol. The summed E-state index contributed by atoms with van der Waals surface area (Å²) in [6.07, 6.45) is 0. The third kappa shape index (κ3) is 1.48. The molecule has 0 atom stereocenters. The standard InChI is InChI=1S/C6H5BBrN/c7-5-2-1-4(8)3-6(5)9/h1-3H,9H2. The molecule has 1 aromatic rings. The minimum atomic E-state index is 0.615. The molecule has 0 aliphatic heterocycles. The molecule has 0 heterocycles. The number of nitrogens with two attached hydrogens (primary N) is 1. The van der Waals surface area contributed by atoms with Crippen LogP contribution in [0.4, 0.5) is 5.69 Å². The highest BCUT2D eigenvalue weighted by molar-refractivity contribution is 9.10. The van der Waals surface area contributed by atoms with E-state index in [4.69, 9.17) is 13.6 Å². The van der Waals surface area contributed by atoms with Crippen LogP contribution < -0.4 is 11.2 Å². The topological polar surface area (TPSA) is 26.0 Å². The van der Waals surface area contributed by atoms with E-state index in [0.29, 0.717) is 11.2 Å². The molecule has 0 spiro atoms. The minimum absolute atomic E-state index is 0.615. The molecule has 0 aliphatic rings. The van der Waals surface area contributed by atoms with Crippen LogP contribution in [-0.4, -0.2) is 7.85 Å². The van der Waals surface area contributed by atoms with Crippen molar-refractivity contribution in [3.05, 3.63) is 22.7 Å². The zero-order chi connectivity index (χ0) is 6.85. The predicted octanol–water partition coefficient (Wildman–Crippen LogP) is 0.825. The number of rotatable bonds is 0. The summed E-state index contributed by atoms with van der Waals surface area (Å²) in [6, 6.07) is 5.39. The lowest BCUT2D eigenvalue weighted by molar-refractivity contribution is 1.68. The molecule has 0 aromatic heterocycles. The molecule has 2 radical (unpaired) electrons. The molecular formula is C6H5BBrN. The molecule has 0 amide bonds. The van der Waals surface area contributed by atoms with Gasteiger partial charge in [0.25, 0.3) is 0 Å². The maximum Gasteiger partial charge on any atom is 0.116 e. The molecule has 3 heteroatoms. The lowest BCUT2D eigenvalue weighted by Gasteiger charge is -1.97. The molecule has 0 saturated carbocycles. The van der Waals surface area contributed by atoms with Gasteiger partial charge in [-0.3, -0.25) is 0 Å². The van der Waals surface area contributed by atoms with E-state index in [0.717, 1.165) is 4.47 Å². The van der Waals surface area contributed by atoms with Gasteiger partial charge in [0.2, 0.25) is 0 Å². The van der Waals surface area contributed by atoms with Crippen LogP contribution in [0.5, 0.6) is 0 Å². The molecule has 44 valence electrons. The Hall–Kier alpha value is -0.435. The van der Waals surface area contributed by atoms with Crippen LogP contribution in [0.2, 0.25) is 0 Å². The summed E-state index contributed by atoms with van der Waals surface area (Å²) >= 11 is 3.26. The average Bonchev–Trinajstić information content (AvgIpc) is 1.80. The van der Waals surface area contributed by atoms with Crippen molar-refractivity contribution >= 4 is 34.9 Å². The van der Waals surface area contributed by atoms with Gasteiger partial charge in [0, 0.05) is 10.2 Å². The number of hydrogen-bond acceptors (Lipinski definition) is 1. The predicted molar refractivity (Wildman–Crippen MR) is 43.9 cm³/mol. The Morgan fingerprint density at radius 1 is 1.44 bits per heavy atom. The highest BCUT2D eigenvalue weighted by Gasteiger charge is 1.90. The maximum atomic E-state index is 5.47. The van der Waals surface area contributed by atoms with Gasteiger partial charge < -0.3 is 5.73 Å². The average molecular weight is 182 g/mol. The van der Waals surface area contributed by atoms with Crippen molar-refractivity contribution in [3.8, 4) is 0 Å². The summed E-state index contributed by atoms with van der Waals surface area (Å²) in [4.78, 5) is 0. The number of halogens is 1. The first-order valence-corrected chi connectivity index (χ1v) is 3.30. The van der Waals surface area contributed by atoms with Crippen molar-refractivity contribution in [2.45, 2.75) is 0 Å². The molecule has 1 aromatic carbocycles. The van der Waals surface area contributed by atoms with Gasteiger partial charge in [-0.1, -0.05) is 27.5 Å². The summed E-state index contributed by atoms with van der Waals surface area (Å²) in [6.45, 7) is 0. The van der Waals surface area contributed by atoms with Gasteiger partial charge in [0.05, 0.1) is 0 Å². The lowest BCUT2D eigenvalue weighted by atomic mass is 9.95. The zero-order valence-corrected chi connectivity index (χ0v) is 6.35. The van der Waals surface area contributed by atoms with Gasteiger partial charge in [0.15, 0.2) is 0 Å². The van der Waals surface area contributed by atoms with Crippen molar-refractivity contribution in [2.75, 3.05) is 5.73 Å².